The predicted molar refractivity (Wildman–Crippen MR) is 81.6 cm³/mol. The molecular weight excluding hydrogens is 271 g/mol. The maximum absolute atomic E-state index is 13.3. The topological polar surface area (TPSA) is 64.3 Å². The zero-order valence-electron chi connectivity index (χ0n) is 12.6. The second kappa shape index (κ2) is 10.2. The van der Waals surface area contributed by atoms with E-state index in [1.165, 1.54) is 6.07 Å². The molecule has 1 atom stereocenters. The molecule has 21 heavy (non-hydrogen) atoms. The van der Waals surface area contributed by atoms with Gasteiger partial charge in [-0.3, -0.25) is 4.79 Å². The van der Waals surface area contributed by atoms with Crippen molar-refractivity contribution >= 4 is 5.91 Å². The van der Waals surface area contributed by atoms with Crippen LogP contribution in [0.1, 0.15) is 39.0 Å². The first-order chi connectivity index (χ1) is 10.2. The lowest BCUT2D eigenvalue weighted by Crippen LogP contribution is -2.40. The van der Waals surface area contributed by atoms with Crippen LogP contribution in [0.3, 0.4) is 0 Å². The normalized spacial score (nSPS) is 12.0. The highest BCUT2D eigenvalue weighted by Crippen LogP contribution is 2.15. The SMILES string of the molecule is CCCCC(CN)NC(=O)CCCOc1ccccc1F. The molecule has 0 fully saturated rings. The van der Waals surface area contributed by atoms with E-state index in [0.29, 0.717) is 26.0 Å². The van der Waals surface area contributed by atoms with E-state index in [4.69, 9.17) is 10.5 Å². The van der Waals surface area contributed by atoms with Crippen molar-refractivity contribution in [2.24, 2.45) is 5.73 Å². The average molecular weight is 296 g/mol. The molecule has 0 aliphatic carbocycles. The van der Waals surface area contributed by atoms with E-state index in [9.17, 15) is 9.18 Å². The number of unbranched alkanes of at least 4 members (excludes halogenated alkanes) is 1. The quantitative estimate of drug-likeness (QED) is 0.652. The van der Waals surface area contributed by atoms with Crippen LogP contribution in [0.2, 0.25) is 0 Å². The molecule has 0 aliphatic rings. The van der Waals surface area contributed by atoms with Crippen molar-refractivity contribution in [2.75, 3.05) is 13.2 Å². The largest absolute Gasteiger partial charge is 0.491 e. The molecule has 0 saturated heterocycles. The van der Waals surface area contributed by atoms with Crippen LogP contribution < -0.4 is 15.8 Å². The fourth-order valence-corrected chi connectivity index (χ4v) is 1.98. The van der Waals surface area contributed by atoms with Crippen LogP contribution in [0.5, 0.6) is 5.75 Å². The van der Waals surface area contributed by atoms with Gasteiger partial charge in [-0.2, -0.15) is 0 Å². The van der Waals surface area contributed by atoms with Crippen LogP contribution in [0.4, 0.5) is 4.39 Å². The molecule has 118 valence electrons. The van der Waals surface area contributed by atoms with Gasteiger partial charge < -0.3 is 15.8 Å². The number of halogens is 1. The summed E-state index contributed by atoms with van der Waals surface area (Å²) in [5.41, 5.74) is 5.63. The maximum Gasteiger partial charge on any atom is 0.220 e. The minimum Gasteiger partial charge on any atom is -0.491 e. The fraction of sp³-hybridized carbons (Fsp3) is 0.562. The summed E-state index contributed by atoms with van der Waals surface area (Å²) >= 11 is 0. The van der Waals surface area contributed by atoms with E-state index in [-0.39, 0.29) is 23.5 Å². The van der Waals surface area contributed by atoms with Crippen molar-refractivity contribution in [3.8, 4) is 5.75 Å². The third-order valence-corrected chi connectivity index (χ3v) is 3.20. The molecule has 0 spiro atoms. The first-order valence-corrected chi connectivity index (χ1v) is 7.54. The number of hydrogen-bond donors (Lipinski definition) is 2. The molecular formula is C16H25FN2O2. The van der Waals surface area contributed by atoms with Gasteiger partial charge in [-0.15, -0.1) is 0 Å². The Kier molecular flexibility index (Phi) is 8.43. The highest BCUT2D eigenvalue weighted by molar-refractivity contribution is 5.76. The smallest absolute Gasteiger partial charge is 0.220 e. The second-order valence-corrected chi connectivity index (χ2v) is 5.02. The van der Waals surface area contributed by atoms with Crippen molar-refractivity contribution in [1.82, 2.24) is 5.32 Å². The molecule has 0 saturated carbocycles. The number of rotatable bonds is 10. The van der Waals surface area contributed by atoms with E-state index in [2.05, 4.69) is 12.2 Å². The lowest BCUT2D eigenvalue weighted by molar-refractivity contribution is -0.122. The van der Waals surface area contributed by atoms with E-state index < -0.39 is 0 Å². The number of hydrogen-bond acceptors (Lipinski definition) is 3. The summed E-state index contributed by atoms with van der Waals surface area (Å²) in [5.74, 6) is -0.191. The molecule has 4 nitrogen and oxygen atoms in total. The molecule has 0 aromatic heterocycles. The molecule has 1 amide bonds. The second-order valence-electron chi connectivity index (χ2n) is 5.02. The van der Waals surface area contributed by atoms with Crippen LogP contribution in [-0.2, 0) is 4.79 Å². The van der Waals surface area contributed by atoms with Gasteiger partial charge in [0.05, 0.1) is 6.61 Å². The number of nitrogens with two attached hydrogens (primary N) is 1. The predicted octanol–water partition coefficient (Wildman–Crippen LogP) is 2.62. The third kappa shape index (κ3) is 7.09. The van der Waals surface area contributed by atoms with Crippen molar-refractivity contribution in [1.29, 1.82) is 0 Å². The molecule has 0 bridgehead atoms. The minimum atomic E-state index is -0.385. The summed E-state index contributed by atoms with van der Waals surface area (Å²) in [6.07, 6.45) is 3.95. The van der Waals surface area contributed by atoms with Crippen LogP contribution in [-0.4, -0.2) is 25.1 Å². The van der Waals surface area contributed by atoms with Crippen molar-refractivity contribution in [3.63, 3.8) is 0 Å². The Labute approximate surface area is 125 Å². The van der Waals surface area contributed by atoms with Crippen LogP contribution in [0, 0.1) is 5.82 Å². The molecule has 0 aliphatic heterocycles. The lowest BCUT2D eigenvalue weighted by atomic mass is 10.1. The standard InChI is InChI=1S/C16H25FN2O2/c1-2-3-7-13(12-18)19-16(20)10-6-11-21-15-9-5-4-8-14(15)17/h4-5,8-9,13H,2-3,6-7,10-12,18H2,1H3,(H,19,20). The van der Waals surface area contributed by atoms with E-state index in [0.717, 1.165) is 19.3 Å². The fourth-order valence-electron chi connectivity index (χ4n) is 1.98. The van der Waals surface area contributed by atoms with Gasteiger partial charge in [-0.25, -0.2) is 4.39 Å². The van der Waals surface area contributed by atoms with Gasteiger partial charge in [0.15, 0.2) is 11.6 Å². The zero-order valence-corrected chi connectivity index (χ0v) is 12.6. The third-order valence-electron chi connectivity index (χ3n) is 3.20. The van der Waals surface area contributed by atoms with E-state index in [1.807, 2.05) is 0 Å². The summed E-state index contributed by atoms with van der Waals surface area (Å²) < 4.78 is 18.6. The van der Waals surface area contributed by atoms with Crippen LogP contribution in [0.25, 0.3) is 0 Å². The van der Waals surface area contributed by atoms with Gasteiger partial charge >= 0.3 is 0 Å². The summed E-state index contributed by atoms with van der Waals surface area (Å²) in [6, 6.07) is 6.29. The van der Waals surface area contributed by atoms with Gasteiger partial charge in [0.1, 0.15) is 0 Å². The first-order valence-electron chi connectivity index (χ1n) is 7.54. The van der Waals surface area contributed by atoms with Gasteiger partial charge in [0, 0.05) is 19.0 Å². The zero-order chi connectivity index (χ0) is 15.5. The van der Waals surface area contributed by atoms with Crippen molar-refractivity contribution in [3.05, 3.63) is 30.1 Å². The number of para-hydroxylation sites is 1. The molecule has 1 rings (SSSR count). The molecule has 3 N–H and O–H groups in total. The average Bonchev–Trinajstić information content (AvgIpc) is 2.49. The number of benzene rings is 1. The molecule has 1 unspecified atom stereocenters. The monoisotopic (exact) mass is 296 g/mol. The molecule has 0 radical (unpaired) electrons. The number of carbonyl (C=O) groups is 1. The van der Waals surface area contributed by atoms with Crippen LogP contribution >= 0.6 is 0 Å². The van der Waals surface area contributed by atoms with E-state index >= 15 is 0 Å². The Balaban J connectivity index is 2.20. The number of ether oxygens (including phenoxy) is 1. The van der Waals surface area contributed by atoms with Gasteiger partial charge in [0.25, 0.3) is 0 Å². The van der Waals surface area contributed by atoms with E-state index in [1.54, 1.807) is 18.2 Å². The van der Waals surface area contributed by atoms with Crippen molar-refractivity contribution in [2.45, 2.75) is 45.1 Å². The minimum absolute atomic E-state index is 0.0290. The molecule has 1 aromatic rings. The van der Waals surface area contributed by atoms with Gasteiger partial charge in [0.2, 0.25) is 5.91 Å². The maximum atomic E-state index is 13.3. The Morgan fingerprint density at radius 1 is 1.38 bits per heavy atom. The summed E-state index contributed by atoms with van der Waals surface area (Å²) in [6.45, 7) is 2.88. The highest BCUT2D eigenvalue weighted by Gasteiger charge is 2.10. The molecule has 1 aromatic carbocycles. The Morgan fingerprint density at radius 2 is 2.14 bits per heavy atom. The highest BCUT2D eigenvalue weighted by atomic mass is 19.1. The molecule has 0 heterocycles. The summed E-state index contributed by atoms with van der Waals surface area (Å²) in [5, 5.41) is 2.92. The molecule has 5 heteroatoms. The summed E-state index contributed by atoms with van der Waals surface area (Å²) in [7, 11) is 0. The number of amides is 1. The Hall–Kier alpha value is -1.62. The first kappa shape index (κ1) is 17.4. The van der Waals surface area contributed by atoms with Gasteiger partial charge in [-0.05, 0) is 25.0 Å². The van der Waals surface area contributed by atoms with Crippen LogP contribution in [0.15, 0.2) is 24.3 Å². The Morgan fingerprint density at radius 3 is 2.81 bits per heavy atom. The summed E-state index contributed by atoms with van der Waals surface area (Å²) in [4.78, 5) is 11.8. The van der Waals surface area contributed by atoms with Crippen molar-refractivity contribution < 1.29 is 13.9 Å². The Bertz CT molecular complexity index is 426. The number of nitrogens with one attached hydrogen (secondary N) is 1. The van der Waals surface area contributed by atoms with Gasteiger partial charge in [-0.1, -0.05) is 31.9 Å². The number of carbonyl (C=O) groups excluding carboxylic acids is 1. The lowest BCUT2D eigenvalue weighted by Gasteiger charge is -2.16.